The number of anilines is 1. The molecular formula is C18H19NO6S. The molecule has 138 valence electrons. The fourth-order valence-electron chi connectivity index (χ4n) is 3.17. The van der Waals surface area contributed by atoms with Gasteiger partial charge in [-0.25, -0.2) is 13.2 Å². The molecule has 0 saturated heterocycles. The number of carbonyl (C=O) groups is 2. The van der Waals surface area contributed by atoms with Crippen molar-refractivity contribution in [2.24, 2.45) is 0 Å². The van der Waals surface area contributed by atoms with Gasteiger partial charge in [0.2, 0.25) is 10.0 Å². The molecular weight excluding hydrogens is 358 g/mol. The minimum absolute atomic E-state index is 0.202. The van der Waals surface area contributed by atoms with Crippen molar-refractivity contribution < 1.29 is 27.2 Å². The minimum atomic E-state index is -3.38. The minimum Gasteiger partial charge on any atom is -0.469 e. The van der Waals surface area contributed by atoms with Gasteiger partial charge in [-0.2, -0.15) is 0 Å². The summed E-state index contributed by atoms with van der Waals surface area (Å²) in [6, 6.07) is 6.12. The van der Waals surface area contributed by atoms with Crippen LogP contribution in [0.4, 0.5) is 5.69 Å². The number of Topliss-reactive ketones (excluding diaryl/α,β-unsaturated/α-hetero) is 1. The highest BCUT2D eigenvalue weighted by Crippen LogP contribution is 2.34. The molecule has 8 heteroatoms. The Morgan fingerprint density at radius 2 is 2.04 bits per heavy atom. The molecule has 2 aromatic rings. The zero-order valence-corrected chi connectivity index (χ0v) is 15.5. The second kappa shape index (κ2) is 6.60. The van der Waals surface area contributed by atoms with Crippen LogP contribution in [0, 0.1) is 6.92 Å². The molecule has 1 aliphatic rings. The lowest BCUT2D eigenvalue weighted by atomic mass is 10.0. The number of ether oxygens (including phenoxy) is 1. The monoisotopic (exact) mass is 377 g/mol. The molecule has 7 nitrogen and oxygen atoms in total. The number of rotatable bonds is 5. The zero-order valence-electron chi connectivity index (χ0n) is 14.7. The van der Waals surface area contributed by atoms with E-state index in [-0.39, 0.29) is 17.4 Å². The third kappa shape index (κ3) is 3.37. The summed E-state index contributed by atoms with van der Waals surface area (Å²) in [6.45, 7) is 3.05. The third-order valence-corrected chi connectivity index (χ3v) is 5.60. The van der Waals surface area contributed by atoms with Crippen LogP contribution < -0.4 is 4.31 Å². The van der Waals surface area contributed by atoms with E-state index in [0.717, 1.165) is 11.8 Å². The molecule has 0 aliphatic carbocycles. The maximum Gasteiger partial charge on any atom is 0.342 e. The second-order valence-electron chi connectivity index (χ2n) is 6.35. The number of sulfonamides is 1. The number of fused-ring (bicyclic) bond motifs is 1. The molecule has 2 heterocycles. The summed E-state index contributed by atoms with van der Waals surface area (Å²) in [4.78, 5) is 24.3. The Hall–Kier alpha value is -2.61. The highest BCUT2D eigenvalue weighted by molar-refractivity contribution is 7.92. The van der Waals surface area contributed by atoms with Crippen molar-refractivity contribution in [1.82, 2.24) is 0 Å². The quantitative estimate of drug-likeness (QED) is 0.586. The smallest absolute Gasteiger partial charge is 0.342 e. The number of ketones is 1. The molecule has 1 aromatic heterocycles. The molecule has 1 aromatic carbocycles. The van der Waals surface area contributed by atoms with E-state index in [9.17, 15) is 18.0 Å². The molecule has 0 unspecified atom stereocenters. The van der Waals surface area contributed by atoms with E-state index in [1.54, 1.807) is 25.1 Å². The van der Waals surface area contributed by atoms with Crippen molar-refractivity contribution in [3.63, 3.8) is 0 Å². The van der Waals surface area contributed by atoms with Crippen LogP contribution in [0.15, 0.2) is 34.9 Å². The van der Waals surface area contributed by atoms with Gasteiger partial charge in [0.15, 0.2) is 12.4 Å². The second-order valence-corrected chi connectivity index (χ2v) is 8.20. The van der Waals surface area contributed by atoms with Crippen molar-refractivity contribution in [2.75, 3.05) is 17.2 Å². The van der Waals surface area contributed by atoms with Gasteiger partial charge in [0.05, 0.1) is 18.2 Å². The SMILES string of the molecule is Cc1occc1C(=O)OCC(=O)c1ccc2c(c1)C[C@H](C)N2S(C)(=O)=O. The first kappa shape index (κ1) is 18.2. The van der Waals surface area contributed by atoms with Crippen LogP contribution in [-0.2, 0) is 21.2 Å². The standard InChI is InChI=1S/C18H19NO6S/c1-11-8-14-9-13(4-5-16(14)19(11)26(3,22)23)17(20)10-25-18(21)15-6-7-24-12(15)2/h4-7,9,11H,8,10H2,1-3H3/t11-/m0/s1. The van der Waals surface area contributed by atoms with Crippen LogP contribution in [-0.4, -0.2) is 39.1 Å². The first-order valence-electron chi connectivity index (χ1n) is 8.05. The van der Waals surface area contributed by atoms with Gasteiger partial charge in [-0.3, -0.25) is 9.10 Å². The number of nitrogens with zero attached hydrogens (tertiary/aromatic N) is 1. The Morgan fingerprint density at radius 1 is 1.31 bits per heavy atom. The molecule has 26 heavy (non-hydrogen) atoms. The van der Waals surface area contributed by atoms with Crippen LogP contribution in [0.2, 0.25) is 0 Å². The van der Waals surface area contributed by atoms with Gasteiger partial charge in [-0.05, 0) is 50.1 Å². The molecule has 3 rings (SSSR count). The van der Waals surface area contributed by atoms with Crippen LogP contribution in [0.5, 0.6) is 0 Å². The maximum absolute atomic E-state index is 12.3. The molecule has 1 atom stereocenters. The van der Waals surface area contributed by atoms with Gasteiger partial charge in [0.1, 0.15) is 11.3 Å². The fourth-order valence-corrected chi connectivity index (χ4v) is 4.43. The van der Waals surface area contributed by atoms with Crippen molar-refractivity contribution in [1.29, 1.82) is 0 Å². The lowest BCUT2D eigenvalue weighted by Gasteiger charge is -2.21. The largest absolute Gasteiger partial charge is 0.469 e. The van der Waals surface area contributed by atoms with Crippen LogP contribution in [0.1, 0.15) is 39.0 Å². The number of carbonyl (C=O) groups excluding carboxylic acids is 2. The van der Waals surface area contributed by atoms with E-state index < -0.39 is 22.6 Å². The summed E-state index contributed by atoms with van der Waals surface area (Å²) in [7, 11) is -3.38. The van der Waals surface area contributed by atoms with Gasteiger partial charge < -0.3 is 9.15 Å². The van der Waals surface area contributed by atoms with E-state index in [2.05, 4.69) is 0 Å². The van der Waals surface area contributed by atoms with E-state index >= 15 is 0 Å². The van der Waals surface area contributed by atoms with Crippen molar-refractivity contribution in [3.8, 4) is 0 Å². The van der Waals surface area contributed by atoms with Crippen LogP contribution in [0.25, 0.3) is 0 Å². The summed E-state index contributed by atoms with van der Waals surface area (Å²) in [5.74, 6) is -0.551. The predicted octanol–water partition coefficient (Wildman–Crippen LogP) is 2.34. The maximum atomic E-state index is 12.3. The molecule has 0 fully saturated rings. The van der Waals surface area contributed by atoms with Gasteiger partial charge >= 0.3 is 5.97 Å². The van der Waals surface area contributed by atoms with Crippen LogP contribution in [0.3, 0.4) is 0 Å². The van der Waals surface area contributed by atoms with Crippen molar-refractivity contribution in [2.45, 2.75) is 26.3 Å². The Bertz CT molecular complexity index is 975. The van der Waals surface area contributed by atoms with Gasteiger partial charge in [0.25, 0.3) is 0 Å². The normalized spacial score (nSPS) is 16.4. The zero-order chi connectivity index (χ0) is 19.1. The van der Waals surface area contributed by atoms with E-state index in [1.165, 1.54) is 16.6 Å². The predicted molar refractivity (Wildman–Crippen MR) is 95.0 cm³/mol. The van der Waals surface area contributed by atoms with Gasteiger partial charge in [-0.1, -0.05) is 0 Å². The summed E-state index contributed by atoms with van der Waals surface area (Å²) < 4.78 is 35.3. The highest BCUT2D eigenvalue weighted by Gasteiger charge is 2.32. The molecule has 0 saturated carbocycles. The molecule has 0 spiro atoms. The highest BCUT2D eigenvalue weighted by atomic mass is 32.2. The first-order chi connectivity index (χ1) is 12.2. The summed E-state index contributed by atoms with van der Waals surface area (Å²) >= 11 is 0. The number of aryl methyl sites for hydroxylation is 1. The lowest BCUT2D eigenvalue weighted by Crippen LogP contribution is -2.34. The number of furan rings is 1. The molecule has 0 radical (unpaired) electrons. The third-order valence-electron chi connectivity index (χ3n) is 4.32. The summed E-state index contributed by atoms with van der Waals surface area (Å²) in [5, 5.41) is 0. The Morgan fingerprint density at radius 3 is 2.65 bits per heavy atom. The molecule has 0 N–H and O–H groups in total. The average molecular weight is 377 g/mol. The fraction of sp³-hybridized carbons (Fsp3) is 0.333. The van der Waals surface area contributed by atoms with Crippen molar-refractivity contribution in [3.05, 3.63) is 53.0 Å². The number of hydrogen-bond acceptors (Lipinski definition) is 6. The Kier molecular flexibility index (Phi) is 4.62. The number of esters is 1. The van der Waals surface area contributed by atoms with Crippen molar-refractivity contribution >= 4 is 27.5 Å². The lowest BCUT2D eigenvalue weighted by molar-refractivity contribution is 0.0473. The first-order valence-corrected chi connectivity index (χ1v) is 9.90. The number of benzene rings is 1. The topological polar surface area (TPSA) is 93.9 Å². The van der Waals surface area contributed by atoms with Crippen LogP contribution >= 0.6 is 0 Å². The van der Waals surface area contributed by atoms with Gasteiger partial charge in [0, 0.05) is 11.6 Å². The number of hydrogen-bond donors (Lipinski definition) is 0. The molecule has 0 bridgehead atoms. The summed E-state index contributed by atoms with van der Waals surface area (Å²) in [6.07, 6.45) is 3.06. The Labute approximate surface area is 151 Å². The average Bonchev–Trinajstić information content (AvgIpc) is 3.13. The molecule has 0 amide bonds. The Balaban J connectivity index is 1.73. The van der Waals surface area contributed by atoms with E-state index in [0.29, 0.717) is 23.4 Å². The van der Waals surface area contributed by atoms with E-state index in [1.807, 2.05) is 6.92 Å². The summed E-state index contributed by atoms with van der Waals surface area (Å²) in [5.41, 5.74) is 2.03. The van der Waals surface area contributed by atoms with E-state index in [4.69, 9.17) is 9.15 Å². The van der Waals surface area contributed by atoms with Gasteiger partial charge in [-0.15, -0.1) is 0 Å². The molecule has 1 aliphatic heterocycles.